The molecule has 0 aliphatic heterocycles. The Kier molecular flexibility index (Phi) is 3.45. The van der Waals surface area contributed by atoms with E-state index in [1.165, 1.54) is 12.1 Å². The molecule has 0 spiro atoms. The van der Waals surface area contributed by atoms with Gasteiger partial charge in [0, 0.05) is 0 Å². The van der Waals surface area contributed by atoms with E-state index in [4.69, 9.17) is 0 Å². The van der Waals surface area contributed by atoms with Gasteiger partial charge in [0.1, 0.15) is 0 Å². The van der Waals surface area contributed by atoms with E-state index in [0.717, 1.165) is 31.2 Å². The summed E-state index contributed by atoms with van der Waals surface area (Å²) in [5.41, 5.74) is 0.745. The van der Waals surface area contributed by atoms with Gasteiger partial charge in [-0.25, -0.2) is 0 Å². The van der Waals surface area contributed by atoms with Crippen molar-refractivity contribution in [2.45, 2.75) is 38.5 Å². The monoisotopic (exact) mass is 490 g/mol. The van der Waals surface area contributed by atoms with Gasteiger partial charge < -0.3 is 0 Å². The van der Waals surface area contributed by atoms with Crippen molar-refractivity contribution in [2.75, 3.05) is 0 Å². The molecule has 0 atom stereocenters. The molecule has 0 heterocycles. The average Bonchev–Trinajstić information content (AvgIpc) is 2.34. The molecule has 2 rings (SSSR count). The van der Waals surface area contributed by atoms with Gasteiger partial charge in [0.25, 0.3) is 0 Å². The van der Waals surface area contributed by atoms with Crippen LogP contribution in [-0.4, -0.2) is 7.18 Å². The van der Waals surface area contributed by atoms with Crippen LogP contribution in [-0.2, 0) is 0 Å². The van der Waals surface area contributed by atoms with Crippen LogP contribution in [0.4, 0.5) is 13.2 Å². The average molecular weight is 492 g/mol. The van der Waals surface area contributed by atoms with Crippen LogP contribution in [0.1, 0.15) is 44.1 Å². The quantitative estimate of drug-likeness (QED) is 0.591. The van der Waals surface area contributed by atoms with Gasteiger partial charge in [0.15, 0.2) is 0 Å². The van der Waals surface area contributed by atoms with Crippen molar-refractivity contribution < 1.29 is 13.2 Å². The van der Waals surface area contributed by atoms with E-state index in [0.29, 0.717) is 13.1 Å². The van der Waals surface area contributed by atoms with Crippen LogP contribution in [0.15, 0.2) is 12.1 Å². The van der Waals surface area contributed by atoms with Crippen LogP contribution in [0.3, 0.4) is 0 Å². The Morgan fingerprint density at radius 2 is 1.67 bits per heavy atom. The number of halogens is 3. The van der Waals surface area contributed by atoms with Crippen molar-refractivity contribution in [1.29, 1.82) is 0 Å². The molecule has 1 aromatic rings. The van der Waals surface area contributed by atoms with Gasteiger partial charge in [0.2, 0.25) is 0 Å². The second kappa shape index (κ2) is 5.03. The van der Waals surface area contributed by atoms with E-state index in [1.54, 1.807) is 0 Å². The van der Waals surface area contributed by atoms with Crippen LogP contribution < -0.4 is 6.07 Å². The summed E-state index contributed by atoms with van der Waals surface area (Å²) in [6.45, 7) is 2.21. The van der Waals surface area contributed by atoms with E-state index in [1.807, 2.05) is 0 Å². The molecule has 0 N–H and O–H groups in total. The third kappa shape index (κ3) is 2.41. The second-order valence-corrected chi connectivity index (χ2v) is 7.54. The zero-order chi connectivity index (χ0) is 13.1. The van der Waals surface area contributed by atoms with Gasteiger partial charge in [-0.15, -0.1) is 0 Å². The summed E-state index contributed by atoms with van der Waals surface area (Å²) in [4.78, 5) is 0. The summed E-state index contributed by atoms with van der Waals surface area (Å²) in [5, 5.41) is 0. The van der Waals surface area contributed by atoms with Gasteiger partial charge in [0.05, 0.1) is 0 Å². The molecule has 0 radical (unpaired) electrons. The van der Waals surface area contributed by atoms with Gasteiger partial charge >= 0.3 is 100 Å². The van der Waals surface area contributed by atoms with Crippen molar-refractivity contribution in [3.8, 4) is 0 Å². The molecule has 1 saturated carbocycles. The Bertz CT molecular complexity index is 425. The van der Waals surface area contributed by atoms with Crippen LogP contribution in [0.25, 0.3) is 0 Å². The minimum absolute atomic E-state index is 0.0276. The van der Waals surface area contributed by atoms with E-state index < -0.39 is 11.6 Å². The topological polar surface area (TPSA) is 0 Å². The predicted molar refractivity (Wildman–Crippen MR) is 63.5 cm³/mol. The Morgan fingerprint density at radius 3 is 2.17 bits per heavy atom. The van der Waals surface area contributed by atoms with E-state index >= 15 is 0 Å². The molecule has 103 valence electrons. The fourth-order valence-electron chi connectivity index (χ4n) is 2.52. The molecule has 0 unspecified atom stereocenters. The first-order chi connectivity index (χ1) is 8.61. The molecule has 0 amide bonds. The molecule has 0 nitrogen and oxygen atoms in total. The fourth-order valence-corrected chi connectivity index (χ4v) is 3.91. The summed E-state index contributed by atoms with van der Waals surface area (Å²) in [7, 11) is 0.429. The van der Waals surface area contributed by atoms with Crippen molar-refractivity contribution in [1.82, 2.24) is 0 Å². The minimum atomic E-state index is -1.63. The molecule has 0 aromatic heterocycles. The molecule has 0 saturated heterocycles. The summed E-state index contributed by atoms with van der Waals surface area (Å²) < 4.78 is 38.0. The molecular formula is C14H16CfF3. The molecule has 1 aliphatic carbocycles. The number of hydrogen-bond acceptors (Lipinski definition) is 0. The number of rotatable bonds is 2. The maximum absolute atomic E-state index is 13.7. The normalized spacial score (nSPS) is 24.2. The molecular weight excluding hydrogens is 476 g/mol. The van der Waals surface area contributed by atoms with Crippen LogP contribution in [0.2, 0.25) is 0 Å². The Labute approximate surface area is 101 Å². The first-order valence-corrected chi connectivity index (χ1v) is 8.93. The van der Waals surface area contributed by atoms with Crippen LogP contribution >= 0.6 is 0 Å². The Morgan fingerprint density at radius 1 is 1.11 bits per heavy atom. The second-order valence-electron chi connectivity index (χ2n) is 4.88. The first-order valence-electron chi connectivity index (χ1n) is 6.09. The maximum atomic E-state index is 13.7. The molecule has 1 aromatic carbocycles. The van der Waals surface area contributed by atoms with Crippen molar-refractivity contribution in [3.63, 3.8) is 0 Å². The van der Waals surface area contributed by atoms with Gasteiger partial charge in [-0.05, 0) is 0 Å². The van der Waals surface area contributed by atoms with E-state index in [-0.39, 0.29) is 12.0 Å². The Hall–Kier alpha value is -2.12. The molecule has 4 heteroatoms. The third-order valence-electron chi connectivity index (χ3n) is 3.59. The SMILES string of the molecule is CC1CCC(c2cc(F)[c]([Cf]=[CH]F)c(F)c2)CC1. The van der Waals surface area contributed by atoms with E-state index in [2.05, 4.69) is 6.92 Å². The summed E-state index contributed by atoms with van der Waals surface area (Å²) in [5.74, 6) is -0.150. The standard InChI is InChI=1S/C13H15F2.CHF.Cf/c1-9-2-4-10(5-3-9)11-6-12(14)8-13(15)7-11;1-2;/h6-7,9-10H,2-5H2,1H3;1H;. The third-order valence-corrected chi connectivity index (χ3v) is 5.90. The van der Waals surface area contributed by atoms with Gasteiger partial charge in [-0.2, -0.15) is 0 Å². The van der Waals surface area contributed by atoms with Crippen molar-refractivity contribution >= 4 is 13.2 Å². The van der Waals surface area contributed by atoms with Crippen molar-refractivity contribution in [3.05, 3.63) is 29.3 Å². The zero-order valence-electron chi connectivity index (χ0n) is 10.2. The van der Waals surface area contributed by atoms with Gasteiger partial charge in [-0.3, -0.25) is 0 Å². The summed E-state index contributed by atoms with van der Waals surface area (Å²) in [6.07, 6.45) is 4.21. The van der Waals surface area contributed by atoms with Crippen LogP contribution in [0.5, 0.6) is 0 Å². The number of benzene rings is 1. The first kappa shape index (κ1) is 12.3. The molecule has 1 aliphatic rings. The Balaban J connectivity index is 2.25. The molecule has 1 fully saturated rings. The predicted octanol–water partition coefficient (Wildman–Crippen LogP) is 3.70. The molecule has 18 heavy (non-hydrogen) atoms. The van der Waals surface area contributed by atoms with E-state index in [9.17, 15) is 13.2 Å². The summed E-state index contributed by atoms with van der Waals surface area (Å²) >= 11 is 0. The molecule has 0 bridgehead atoms. The summed E-state index contributed by atoms with van der Waals surface area (Å²) in [6, 6.07) is 2.80. The number of hydrogen-bond donors (Lipinski definition) is 0. The van der Waals surface area contributed by atoms with Crippen molar-refractivity contribution in [2.24, 2.45) is 5.92 Å². The fraction of sp³-hybridized carbons (Fsp3) is 0.500. The zero-order valence-corrected chi connectivity index (χ0v) is 12.8. The van der Waals surface area contributed by atoms with Gasteiger partial charge in [-0.1, -0.05) is 0 Å². The van der Waals surface area contributed by atoms with Crippen LogP contribution in [0, 0.1) is 17.6 Å².